The van der Waals surface area contributed by atoms with Crippen molar-refractivity contribution in [2.75, 3.05) is 13.1 Å². The molecule has 0 atom stereocenters. The van der Waals surface area contributed by atoms with E-state index in [-0.39, 0.29) is 29.2 Å². The van der Waals surface area contributed by atoms with Crippen molar-refractivity contribution in [3.63, 3.8) is 0 Å². The standard InChI is InChI=1S/C18H23NO5S2/c1-18(2,3)14-6-8-16(9-7-14)26(22,23)19-11-17(12-19)25(20,21)13-15-5-4-10-24-15/h4-10,17H,11-13H2,1-3H3. The molecule has 1 saturated heterocycles. The van der Waals surface area contributed by atoms with Crippen molar-refractivity contribution in [3.05, 3.63) is 54.0 Å². The molecule has 0 amide bonds. The summed E-state index contributed by atoms with van der Waals surface area (Å²) in [6.45, 7) is 6.13. The minimum absolute atomic E-state index is 0.0214. The Hall–Kier alpha value is -1.64. The first-order chi connectivity index (χ1) is 12.0. The minimum atomic E-state index is -3.67. The Morgan fingerprint density at radius 2 is 1.65 bits per heavy atom. The third kappa shape index (κ3) is 3.72. The Bertz CT molecular complexity index is 963. The van der Waals surface area contributed by atoms with E-state index in [1.807, 2.05) is 0 Å². The van der Waals surface area contributed by atoms with Crippen LogP contribution in [-0.2, 0) is 31.0 Å². The van der Waals surface area contributed by atoms with Crippen LogP contribution in [0, 0.1) is 0 Å². The van der Waals surface area contributed by atoms with Crippen molar-refractivity contribution in [3.8, 4) is 0 Å². The molecule has 0 unspecified atom stereocenters. The van der Waals surface area contributed by atoms with Crippen molar-refractivity contribution >= 4 is 19.9 Å². The maximum atomic E-state index is 12.7. The van der Waals surface area contributed by atoms with Crippen LogP contribution in [0.25, 0.3) is 0 Å². The highest BCUT2D eigenvalue weighted by molar-refractivity contribution is 7.92. The molecule has 8 heteroatoms. The number of nitrogens with zero attached hydrogens (tertiary/aromatic N) is 1. The highest BCUT2D eigenvalue weighted by Gasteiger charge is 2.43. The Labute approximate surface area is 154 Å². The average Bonchev–Trinajstić information content (AvgIpc) is 2.96. The summed E-state index contributed by atoms with van der Waals surface area (Å²) in [6, 6.07) is 10.0. The van der Waals surface area contributed by atoms with Crippen molar-refractivity contribution in [2.45, 2.75) is 42.1 Å². The Morgan fingerprint density at radius 3 is 2.15 bits per heavy atom. The largest absolute Gasteiger partial charge is 0.468 e. The van der Waals surface area contributed by atoms with E-state index >= 15 is 0 Å². The molecular formula is C18H23NO5S2. The molecule has 0 bridgehead atoms. The summed E-state index contributed by atoms with van der Waals surface area (Å²) in [4.78, 5) is 0.187. The summed E-state index contributed by atoms with van der Waals surface area (Å²) >= 11 is 0. The van der Waals surface area contributed by atoms with Crippen molar-refractivity contribution in [2.24, 2.45) is 0 Å². The molecular weight excluding hydrogens is 374 g/mol. The number of hydrogen-bond acceptors (Lipinski definition) is 5. The smallest absolute Gasteiger partial charge is 0.243 e. The molecule has 1 aliphatic heterocycles. The van der Waals surface area contributed by atoms with Crippen LogP contribution in [0.2, 0.25) is 0 Å². The first-order valence-corrected chi connectivity index (χ1v) is 11.5. The zero-order valence-corrected chi connectivity index (χ0v) is 16.7. The lowest BCUT2D eigenvalue weighted by Crippen LogP contribution is -2.56. The van der Waals surface area contributed by atoms with Gasteiger partial charge in [-0.15, -0.1) is 0 Å². The van der Waals surface area contributed by atoms with Gasteiger partial charge in [0.05, 0.1) is 16.4 Å². The van der Waals surface area contributed by atoms with E-state index in [1.54, 1.807) is 36.4 Å². The summed E-state index contributed by atoms with van der Waals surface area (Å²) in [5.74, 6) is 0.155. The van der Waals surface area contributed by atoms with Gasteiger partial charge < -0.3 is 4.42 Å². The lowest BCUT2D eigenvalue weighted by atomic mass is 9.87. The normalized spacial score (nSPS) is 17.2. The number of benzene rings is 1. The second-order valence-corrected chi connectivity index (χ2v) is 11.8. The SMILES string of the molecule is CC(C)(C)c1ccc(S(=O)(=O)N2CC(S(=O)(=O)Cc3ccco3)C2)cc1. The van der Waals surface area contributed by atoms with Crippen molar-refractivity contribution in [1.29, 1.82) is 0 Å². The van der Waals surface area contributed by atoms with Gasteiger partial charge in [-0.3, -0.25) is 0 Å². The maximum Gasteiger partial charge on any atom is 0.243 e. The van der Waals surface area contributed by atoms with Crippen LogP contribution in [0.5, 0.6) is 0 Å². The molecule has 0 spiro atoms. The third-order valence-corrected chi connectivity index (χ3v) is 8.45. The first kappa shape index (κ1) is 19.1. The van der Waals surface area contributed by atoms with E-state index in [2.05, 4.69) is 20.8 Å². The highest BCUT2D eigenvalue weighted by atomic mass is 32.2. The van der Waals surface area contributed by atoms with Gasteiger partial charge in [-0.05, 0) is 35.2 Å². The van der Waals surface area contributed by atoms with Gasteiger partial charge >= 0.3 is 0 Å². The Balaban J connectivity index is 1.69. The van der Waals surface area contributed by atoms with Crippen LogP contribution in [0.1, 0.15) is 32.1 Å². The molecule has 26 heavy (non-hydrogen) atoms. The molecule has 2 aromatic rings. The second-order valence-electron chi connectivity index (χ2n) is 7.60. The van der Waals surface area contributed by atoms with Crippen LogP contribution >= 0.6 is 0 Å². The Kier molecular flexibility index (Phi) is 4.79. The summed E-state index contributed by atoms with van der Waals surface area (Å²) in [5, 5.41) is -0.698. The molecule has 0 aliphatic carbocycles. The lowest BCUT2D eigenvalue weighted by molar-refractivity contribution is 0.309. The molecule has 0 radical (unpaired) electrons. The molecule has 6 nitrogen and oxygen atoms in total. The number of hydrogen-bond donors (Lipinski definition) is 0. The van der Waals surface area contributed by atoms with Gasteiger partial charge in [0.2, 0.25) is 10.0 Å². The molecule has 1 aromatic heterocycles. The molecule has 1 aliphatic rings. The van der Waals surface area contributed by atoms with E-state index in [0.717, 1.165) is 5.56 Å². The van der Waals surface area contributed by atoms with Gasteiger partial charge in [0.15, 0.2) is 9.84 Å². The van der Waals surface area contributed by atoms with Gasteiger partial charge in [-0.1, -0.05) is 32.9 Å². The van der Waals surface area contributed by atoms with Crippen LogP contribution < -0.4 is 0 Å². The van der Waals surface area contributed by atoms with E-state index in [0.29, 0.717) is 5.76 Å². The average molecular weight is 398 g/mol. The third-order valence-electron chi connectivity index (χ3n) is 4.60. The van der Waals surface area contributed by atoms with E-state index in [9.17, 15) is 16.8 Å². The summed E-state index contributed by atoms with van der Waals surface area (Å²) < 4.78 is 56.4. The van der Waals surface area contributed by atoms with E-state index in [1.165, 1.54) is 10.6 Å². The van der Waals surface area contributed by atoms with Crippen molar-refractivity contribution < 1.29 is 21.3 Å². The van der Waals surface area contributed by atoms with Gasteiger partial charge in [0, 0.05) is 13.1 Å². The zero-order chi connectivity index (χ0) is 19.2. The van der Waals surface area contributed by atoms with Crippen LogP contribution in [-0.4, -0.2) is 39.5 Å². The molecule has 0 N–H and O–H groups in total. The molecule has 2 heterocycles. The summed E-state index contributed by atoms with van der Waals surface area (Å²) in [7, 11) is -7.12. The quantitative estimate of drug-likeness (QED) is 0.774. The van der Waals surface area contributed by atoms with Gasteiger partial charge in [0.25, 0.3) is 0 Å². The number of sulfonamides is 1. The van der Waals surface area contributed by atoms with E-state index < -0.39 is 25.1 Å². The molecule has 1 aromatic carbocycles. The monoisotopic (exact) mass is 397 g/mol. The predicted octanol–water partition coefficient (Wildman–Crippen LogP) is 2.57. The van der Waals surface area contributed by atoms with Gasteiger partial charge in [0.1, 0.15) is 11.5 Å². The van der Waals surface area contributed by atoms with Gasteiger partial charge in [-0.25, -0.2) is 16.8 Å². The zero-order valence-electron chi connectivity index (χ0n) is 15.0. The molecule has 1 fully saturated rings. The molecule has 3 rings (SSSR count). The fraction of sp³-hybridized carbons (Fsp3) is 0.444. The first-order valence-electron chi connectivity index (χ1n) is 8.35. The maximum absolute atomic E-state index is 12.7. The van der Waals surface area contributed by atoms with Crippen molar-refractivity contribution in [1.82, 2.24) is 4.31 Å². The topological polar surface area (TPSA) is 84.7 Å². The fourth-order valence-electron chi connectivity index (χ4n) is 2.81. The van der Waals surface area contributed by atoms with Crippen LogP contribution in [0.4, 0.5) is 0 Å². The van der Waals surface area contributed by atoms with Gasteiger partial charge in [-0.2, -0.15) is 4.31 Å². The second kappa shape index (κ2) is 6.51. The lowest BCUT2D eigenvalue weighted by Gasteiger charge is -2.37. The van der Waals surface area contributed by atoms with Crippen LogP contribution in [0.15, 0.2) is 52.0 Å². The summed E-state index contributed by atoms with van der Waals surface area (Å²) in [6.07, 6.45) is 1.42. The number of sulfone groups is 1. The number of furan rings is 1. The number of rotatable bonds is 5. The Morgan fingerprint density at radius 1 is 1.04 bits per heavy atom. The fourth-order valence-corrected chi connectivity index (χ4v) is 6.14. The predicted molar refractivity (Wildman–Crippen MR) is 99.0 cm³/mol. The molecule has 142 valence electrons. The minimum Gasteiger partial charge on any atom is -0.468 e. The summed E-state index contributed by atoms with van der Waals surface area (Å²) in [5.41, 5.74) is 0.975. The van der Waals surface area contributed by atoms with E-state index in [4.69, 9.17) is 4.42 Å². The highest BCUT2D eigenvalue weighted by Crippen LogP contribution is 2.29. The molecule has 0 saturated carbocycles. The van der Waals surface area contributed by atoms with Crippen LogP contribution in [0.3, 0.4) is 0 Å².